The van der Waals surface area contributed by atoms with Crippen molar-refractivity contribution in [1.82, 2.24) is 0 Å². The van der Waals surface area contributed by atoms with Gasteiger partial charge in [0.15, 0.2) is 0 Å². The largest absolute Gasteiger partial charge is 0.481 e. The summed E-state index contributed by atoms with van der Waals surface area (Å²) in [6, 6.07) is 0. The van der Waals surface area contributed by atoms with Crippen LogP contribution in [0.4, 0.5) is 0 Å². The zero-order valence-electron chi connectivity index (χ0n) is 7.60. The lowest BCUT2D eigenvalue weighted by atomic mass is 10.5. The van der Waals surface area contributed by atoms with E-state index in [4.69, 9.17) is 15.3 Å². The van der Waals surface area contributed by atoms with E-state index in [1.807, 2.05) is 0 Å². The topological polar surface area (TPSA) is 77.8 Å². The molecule has 0 spiro atoms. The van der Waals surface area contributed by atoms with Crippen LogP contribution < -0.4 is 0 Å². The van der Waals surface area contributed by atoms with Crippen LogP contribution in [0.2, 0.25) is 0 Å². The van der Waals surface area contributed by atoms with Crippen LogP contribution in [0.15, 0.2) is 0 Å². The van der Waals surface area contributed by atoms with E-state index in [1.54, 1.807) is 28.5 Å². The van der Waals surface area contributed by atoms with Gasteiger partial charge < -0.3 is 15.3 Å². The van der Waals surface area contributed by atoms with E-state index in [9.17, 15) is 4.79 Å². The van der Waals surface area contributed by atoms with E-state index in [1.165, 1.54) is 0 Å². The van der Waals surface area contributed by atoms with Crippen molar-refractivity contribution < 1.29 is 20.1 Å². The van der Waals surface area contributed by atoms with Gasteiger partial charge in [-0.2, -0.15) is 0 Å². The smallest absolute Gasteiger partial charge is 0.303 e. The predicted molar refractivity (Wildman–Crippen MR) is 57.0 cm³/mol. The van der Waals surface area contributed by atoms with Crippen molar-refractivity contribution in [3.63, 3.8) is 0 Å². The number of aliphatic hydroxyl groups excluding tert-OH is 2. The number of aliphatic carboxylic acids is 1. The third-order valence-corrected chi connectivity index (χ3v) is 3.10. The Labute approximate surface area is 86.1 Å². The minimum Gasteiger partial charge on any atom is -0.481 e. The standard InChI is InChI=1S/C4H10O2S2.C3H6O2/c5-1-3-7-8-4-2-6;1-2-3(4)5/h5-6H,1-4H2;2H2,1H3,(H,4,5). The van der Waals surface area contributed by atoms with Gasteiger partial charge in [0, 0.05) is 17.9 Å². The Balaban J connectivity index is 0. The summed E-state index contributed by atoms with van der Waals surface area (Å²) < 4.78 is 0. The molecule has 0 amide bonds. The van der Waals surface area contributed by atoms with Gasteiger partial charge in [-0.1, -0.05) is 28.5 Å². The van der Waals surface area contributed by atoms with E-state index in [0.29, 0.717) is 0 Å². The quantitative estimate of drug-likeness (QED) is 0.462. The van der Waals surface area contributed by atoms with Gasteiger partial charge in [0.25, 0.3) is 0 Å². The molecule has 0 rings (SSSR count). The van der Waals surface area contributed by atoms with Crippen LogP contribution in [-0.2, 0) is 4.79 Å². The number of hydrogen-bond donors (Lipinski definition) is 3. The maximum absolute atomic E-state index is 9.37. The molecule has 0 aliphatic heterocycles. The molecule has 0 aromatic rings. The van der Waals surface area contributed by atoms with Gasteiger partial charge in [0.1, 0.15) is 0 Å². The average molecular weight is 228 g/mol. The Morgan fingerprint density at radius 2 is 1.46 bits per heavy atom. The first-order valence-corrected chi connectivity index (χ1v) is 6.35. The lowest BCUT2D eigenvalue weighted by Crippen LogP contribution is -1.86. The van der Waals surface area contributed by atoms with Crippen LogP contribution in [0.25, 0.3) is 0 Å². The van der Waals surface area contributed by atoms with Crippen LogP contribution in [-0.4, -0.2) is 46.0 Å². The summed E-state index contributed by atoms with van der Waals surface area (Å²) in [5, 5.41) is 24.3. The molecule has 0 aromatic heterocycles. The summed E-state index contributed by atoms with van der Waals surface area (Å²) in [6.07, 6.45) is 0.222. The van der Waals surface area contributed by atoms with Crippen molar-refractivity contribution in [2.45, 2.75) is 13.3 Å². The van der Waals surface area contributed by atoms with E-state index in [-0.39, 0.29) is 19.6 Å². The predicted octanol–water partition coefficient (Wildman–Crippen LogP) is 0.833. The number of rotatable bonds is 6. The van der Waals surface area contributed by atoms with Crippen LogP contribution in [0.3, 0.4) is 0 Å². The molecule has 80 valence electrons. The molecule has 0 saturated carbocycles. The highest BCUT2D eigenvalue weighted by Crippen LogP contribution is 2.18. The molecular weight excluding hydrogens is 212 g/mol. The van der Waals surface area contributed by atoms with Crippen molar-refractivity contribution in [3.8, 4) is 0 Å². The van der Waals surface area contributed by atoms with E-state index in [0.717, 1.165) is 11.5 Å². The fraction of sp³-hybridized carbons (Fsp3) is 0.857. The fourth-order valence-corrected chi connectivity index (χ4v) is 1.73. The first-order chi connectivity index (χ1) is 6.18. The number of aliphatic hydroxyl groups is 2. The number of carboxylic acid groups (broad SMARTS) is 1. The van der Waals surface area contributed by atoms with Crippen LogP contribution in [0.5, 0.6) is 0 Å². The molecule has 0 aromatic carbocycles. The summed E-state index contributed by atoms with van der Waals surface area (Å²) in [6.45, 7) is 2.05. The van der Waals surface area contributed by atoms with Gasteiger partial charge in [-0.25, -0.2) is 0 Å². The summed E-state index contributed by atoms with van der Waals surface area (Å²) in [5.41, 5.74) is 0. The summed E-state index contributed by atoms with van der Waals surface area (Å²) in [5.74, 6) is 0.764. The highest BCUT2D eigenvalue weighted by Gasteiger charge is 1.85. The van der Waals surface area contributed by atoms with Gasteiger partial charge in [0.05, 0.1) is 13.2 Å². The second-order valence-electron chi connectivity index (χ2n) is 1.84. The molecule has 6 heteroatoms. The van der Waals surface area contributed by atoms with Crippen molar-refractivity contribution in [3.05, 3.63) is 0 Å². The average Bonchev–Trinajstić information content (AvgIpc) is 2.14. The molecular formula is C7H16O4S2. The minimum absolute atomic E-state index is 0.222. The Hall–Kier alpha value is 0.0900. The molecule has 3 N–H and O–H groups in total. The number of carbonyl (C=O) groups is 1. The Morgan fingerprint density at radius 3 is 1.62 bits per heavy atom. The van der Waals surface area contributed by atoms with Crippen molar-refractivity contribution in [2.24, 2.45) is 0 Å². The van der Waals surface area contributed by atoms with Crippen molar-refractivity contribution >= 4 is 27.6 Å². The van der Waals surface area contributed by atoms with Gasteiger partial charge in [-0.15, -0.1) is 0 Å². The summed E-state index contributed by atoms with van der Waals surface area (Å²) in [4.78, 5) is 9.37. The number of hydrogen-bond acceptors (Lipinski definition) is 5. The third kappa shape index (κ3) is 24.5. The monoisotopic (exact) mass is 228 g/mol. The second kappa shape index (κ2) is 14.6. The zero-order valence-corrected chi connectivity index (χ0v) is 9.23. The van der Waals surface area contributed by atoms with Crippen LogP contribution in [0, 0.1) is 0 Å². The maximum Gasteiger partial charge on any atom is 0.303 e. The lowest BCUT2D eigenvalue weighted by Gasteiger charge is -1.93. The molecule has 0 bridgehead atoms. The van der Waals surface area contributed by atoms with Gasteiger partial charge in [-0.3, -0.25) is 4.79 Å². The molecule has 0 fully saturated rings. The molecule has 0 aliphatic rings. The fourth-order valence-electron chi connectivity index (χ4n) is 0.192. The molecule has 13 heavy (non-hydrogen) atoms. The van der Waals surface area contributed by atoms with Crippen molar-refractivity contribution in [1.29, 1.82) is 0 Å². The summed E-state index contributed by atoms with van der Waals surface area (Å²) in [7, 11) is 3.17. The maximum atomic E-state index is 9.37. The SMILES string of the molecule is CCC(=O)O.OCCSSCCO. The molecule has 0 atom stereocenters. The Bertz CT molecular complexity index is 105. The zero-order chi connectivity index (χ0) is 10.5. The van der Waals surface area contributed by atoms with E-state index < -0.39 is 5.97 Å². The van der Waals surface area contributed by atoms with Crippen LogP contribution >= 0.6 is 21.6 Å². The third-order valence-electron chi connectivity index (χ3n) is 0.735. The molecule has 0 aliphatic carbocycles. The first-order valence-electron chi connectivity index (χ1n) is 3.86. The molecule has 0 radical (unpaired) electrons. The minimum atomic E-state index is -0.745. The summed E-state index contributed by atoms with van der Waals surface area (Å²) >= 11 is 0. The number of carboxylic acids is 1. The van der Waals surface area contributed by atoms with Crippen LogP contribution in [0.1, 0.15) is 13.3 Å². The highest BCUT2D eigenvalue weighted by atomic mass is 33.1. The first kappa shape index (κ1) is 15.6. The molecule has 0 unspecified atom stereocenters. The molecule has 0 saturated heterocycles. The lowest BCUT2D eigenvalue weighted by molar-refractivity contribution is -0.136. The highest BCUT2D eigenvalue weighted by molar-refractivity contribution is 8.76. The molecule has 0 heterocycles. The van der Waals surface area contributed by atoms with E-state index in [2.05, 4.69) is 0 Å². The van der Waals surface area contributed by atoms with Crippen molar-refractivity contribution in [2.75, 3.05) is 24.7 Å². The van der Waals surface area contributed by atoms with Gasteiger partial charge in [-0.05, 0) is 0 Å². The van der Waals surface area contributed by atoms with Gasteiger partial charge in [0.2, 0.25) is 0 Å². The second-order valence-corrected chi connectivity index (χ2v) is 4.54. The normalized spacial score (nSPS) is 8.85. The Morgan fingerprint density at radius 1 is 1.15 bits per heavy atom. The van der Waals surface area contributed by atoms with E-state index >= 15 is 0 Å². The Kier molecular flexibility index (Phi) is 17.5. The molecule has 4 nitrogen and oxygen atoms in total. The van der Waals surface area contributed by atoms with Gasteiger partial charge >= 0.3 is 5.97 Å².